The van der Waals surface area contributed by atoms with Gasteiger partial charge in [0.15, 0.2) is 0 Å². The molecule has 0 fully saturated rings. The maximum atomic E-state index is 3.82. The normalized spacial score (nSPS) is 14.0. The van der Waals surface area contributed by atoms with E-state index < -0.39 is 0 Å². The van der Waals surface area contributed by atoms with Gasteiger partial charge >= 0.3 is 0 Å². The Balaban J connectivity index is 2.24. The zero-order valence-electron chi connectivity index (χ0n) is 13.8. The third kappa shape index (κ3) is 2.00. The van der Waals surface area contributed by atoms with Crippen molar-refractivity contribution in [2.24, 2.45) is 7.05 Å². The Kier molecular flexibility index (Phi) is 3.23. The number of nitrogens with zero attached hydrogens (tertiary/aromatic N) is 1. The molecular weight excluding hydrogens is 278 g/mol. The van der Waals surface area contributed by atoms with Gasteiger partial charge < -0.3 is 4.57 Å². The average Bonchev–Trinajstić information content (AvgIpc) is 2.87. The second-order valence-corrected chi connectivity index (χ2v) is 6.31. The van der Waals surface area contributed by atoms with Crippen LogP contribution in [0.2, 0.25) is 0 Å². The van der Waals surface area contributed by atoms with Gasteiger partial charge in [-0.25, -0.2) is 0 Å². The van der Waals surface area contributed by atoms with Crippen molar-refractivity contribution in [1.29, 1.82) is 0 Å². The van der Waals surface area contributed by atoms with E-state index in [0.717, 1.165) is 12.8 Å². The van der Waals surface area contributed by atoms with Crippen molar-refractivity contribution in [2.75, 3.05) is 0 Å². The van der Waals surface area contributed by atoms with Crippen LogP contribution in [0.15, 0.2) is 49.1 Å². The molecule has 1 heterocycles. The Hall–Kier alpha value is -2.54. The zero-order chi connectivity index (χ0) is 16.0. The largest absolute Gasteiger partial charge is 0.344 e. The molecule has 4 rings (SSSR count). The molecular formula is C22H21N. The van der Waals surface area contributed by atoms with Gasteiger partial charge in [-0.2, -0.15) is 0 Å². The SMILES string of the molecule is C=C/C=C\c1c(C)ccc2c1c1c3c(ccc1n2C)C=CCC3. The van der Waals surface area contributed by atoms with Crippen LogP contribution in [0.4, 0.5) is 0 Å². The van der Waals surface area contributed by atoms with E-state index in [9.17, 15) is 0 Å². The fraction of sp³-hybridized carbons (Fsp3) is 0.182. The molecule has 0 radical (unpaired) electrons. The topological polar surface area (TPSA) is 4.93 Å². The smallest absolute Gasteiger partial charge is 0.0495 e. The van der Waals surface area contributed by atoms with Crippen LogP contribution in [0.1, 0.15) is 28.7 Å². The molecule has 0 aliphatic heterocycles. The number of hydrogen-bond donors (Lipinski definition) is 0. The van der Waals surface area contributed by atoms with Gasteiger partial charge in [-0.15, -0.1) is 0 Å². The summed E-state index contributed by atoms with van der Waals surface area (Å²) in [5.41, 5.74) is 8.12. The van der Waals surface area contributed by atoms with E-state index in [1.807, 2.05) is 12.2 Å². The van der Waals surface area contributed by atoms with Gasteiger partial charge in [-0.05, 0) is 54.2 Å². The van der Waals surface area contributed by atoms with E-state index in [1.165, 1.54) is 44.1 Å². The summed E-state index contributed by atoms with van der Waals surface area (Å²) in [5.74, 6) is 0. The minimum atomic E-state index is 1.13. The third-order valence-corrected chi connectivity index (χ3v) is 5.00. The predicted octanol–water partition coefficient (Wildman–Crippen LogP) is 5.80. The highest BCUT2D eigenvalue weighted by atomic mass is 14.9. The minimum Gasteiger partial charge on any atom is -0.344 e. The zero-order valence-corrected chi connectivity index (χ0v) is 13.8. The third-order valence-electron chi connectivity index (χ3n) is 5.00. The first kappa shape index (κ1) is 14.1. The van der Waals surface area contributed by atoms with Gasteiger partial charge in [0, 0.05) is 28.9 Å². The highest BCUT2D eigenvalue weighted by molar-refractivity contribution is 6.14. The van der Waals surface area contributed by atoms with E-state index in [1.54, 1.807) is 0 Å². The fourth-order valence-corrected chi connectivity index (χ4v) is 3.84. The van der Waals surface area contributed by atoms with Crippen molar-refractivity contribution >= 4 is 34.0 Å². The lowest BCUT2D eigenvalue weighted by atomic mass is 9.91. The summed E-state index contributed by atoms with van der Waals surface area (Å²) < 4.78 is 2.33. The van der Waals surface area contributed by atoms with Crippen molar-refractivity contribution in [2.45, 2.75) is 19.8 Å². The standard InChI is InChI=1S/C22H21N/c1-4-5-9-17-15(2)11-13-19-21(17)22-18-10-7-6-8-16(18)12-14-20(22)23(19)3/h4-6,8-9,11-14H,1,7,10H2,2-3H3/b9-5-. The van der Waals surface area contributed by atoms with Crippen molar-refractivity contribution in [3.63, 3.8) is 0 Å². The lowest BCUT2D eigenvalue weighted by molar-refractivity contribution is 0.989. The molecule has 1 aromatic heterocycles. The Labute approximate surface area is 137 Å². The maximum Gasteiger partial charge on any atom is 0.0495 e. The van der Waals surface area contributed by atoms with Crippen LogP contribution in [0.25, 0.3) is 34.0 Å². The highest BCUT2D eigenvalue weighted by Crippen LogP contribution is 2.38. The molecule has 0 amide bonds. The molecule has 0 atom stereocenters. The minimum absolute atomic E-state index is 1.13. The first-order chi connectivity index (χ1) is 11.2. The highest BCUT2D eigenvalue weighted by Gasteiger charge is 2.18. The van der Waals surface area contributed by atoms with Gasteiger partial charge in [0.25, 0.3) is 0 Å². The van der Waals surface area contributed by atoms with E-state index in [-0.39, 0.29) is 0 Å². The summed E-state index contributed by atoms with van der Waals surface area (Å²) in [5, 5.41) is 2.81. The Morgan fingerprint density at radius 2 is 1.87 bits per heavy atom. The number of aryl methyl sites for hydroxylation is 3. The van der Waals surface area contributed by atoms with Gasteiger partial charge in [0.05, 0.1) is 0 Å². The second kappa shape index (κ2) is 5.27. The molecule has 23 heavy (non-hydrogen) atoms. The number of benzene rings is 2. The number of aromatic nitrogens is 1. The summed E-state index contributed by atoms with van der Waals surface area (Å²) in [4.78, 5) is 0. The molecule has 1 aliphatic rings. The quantitative estimate of drug-likeness (QED) is 0.527. The summed E-state index contributed by atoms with van der Waals surface area (Å²) in [7, 11) is 2.17. The van der Waals surface area contributed by atoms with Crippen molar-refractivity contribution in [3.05, 3.63) is 71.3 Å². The van der Waals surface area contributed by atoms with E-state index in [0.29, 0.717) is 0 Å². The fourth-order valence-electron chi connectivity index (χ4n) is 3.84. The van der Waals surface area contributed by atoms with Crippen molar-refractivity contribution in [1.82, 2.24) is 4.57 Å². The van der Waals surface area contributed by atoms with E-state index >= 15 is 0 Å². The summed E-state index contributed by atoms with van der Waals surface area (Å²) in [6, 6.07) is 9.00. The lowest BCUT2D eigenvalue weighted by Gasteiger charge is -2.13. The number of fused-ring (bicyclic) bond motifs is 5. The Morgan fingerprint density at radius 3 is 2.70 bits per heavy atom. The first-order valence-electron chi connectivity index (χ1n) is 8.21. The molecule has 0 spiro atoms. The molecule has 0 N–H and O–H groups in total. The summed E-state index contributed by atoms with van der Waals surface area (Å²) >= 11 is 0. The summed E-state index contributed by atoms with van der Waals surface area (Å²) in [6.45, 7) is 6.01. The molecule has 1 aliphatic carbocycles. The van der Waals surface area contributed by atoms with Crippen LogP contribution in [0.5, 0.6) is 0 Å². The summed E-state index contributed by atoms with van der Waals surface area (Å²) in [6.07, 6.45) is 12.9. The van der Waals surface area contributed by atoms with Gasteiger partial charge in [-0.3, -0.25) is 0 Å². The predicted molar refractivity (Wildman–Crippen MR) is 102 cm³/mol. The number of rotatable bonds is 2. The number of allylic oxidation sites excluding steroid dienone is 3. The molecule has 114 valence electrons. The molecule has 1 heteroatoms. The van der Waals surface area contributed by atoms with Crippen LogP contribution < -0.4 is 0 Å². The maximum absolute atomic E-state index is 3.82. The Morgan fingerprint density at radius 1 is 1.09 bits per heavy atom. The second-order valence-electron chi connectivity index (χ2n) is 6.31. The monoisotopic (exact) mass is 299 g/mol. The van der Waals surface area contributed by atoms with Crippen LogP contribution in [-0.2, 0) is 13.5 Å². The molecule has 1 nitrogen and oxygen atoms in total. The first-order valence-corrected chi connectivity index (χ1v) is 8.21. The van der Waals surface area contributed by atoms with E-state index in [4.69, 9.17) is 0 Å². The van der Waals surface area contributed by atoms with Gasteiger partial charge in [0.2, 0.25) is 0 Å². The molecule has 0 saturated heterocycles. The van der Waals surface area contributed by atoms with E-state index in [2.05, 4.69) is 67.6 Å². The Bertz CT molecular complexity index is 996. The van der Waals surface area contributed by atoms with Crippen LogP contribution in [0, 0.1) is 6.92 Å². The van der Waals surface area contributed by atoms with Gasteiger partial charge in [0.1, 0.15) is 0 Å². The van der Waals surface area contributed by atoms with Crippen molar-refractivity contribution < 1.29 is 0 Å². The van der Waals surface area contributed by atoms with Crippen LogP contribution in [-0.4, -0.2) is 4.57 Å². The van der Waals surface area contributed by atoms with Crippen LogP contribution in [0.3, 0.4) is 0 Å². The lowest BCUT2D eigenvalue weighted by Crippen LogP contribution is -1.95. The molecule has 3 aromatic rings. The average molecular weight is 299 g/mol. The van der Waals surface area contributed by atoms with Crippen molar-refractivity contribution in [3.8, 4) is 0 Å². The molecule has 0 unspecified atom stereocenters. The van der Waals surface area contributed by atoms with Crippen LogP contribution >= 0.6 is 0 Å². The van der Waals surface area contributed by atoms with Gasteiger partial charge in [-0.1, -0.05) is 49.1 Å². The number of hydrogen-bond acceptors (Lipinski definition) is 0. The molecule has 0 saturated carbocycles. The molecule has 2 aromatic carbocycles. The molecule has 0 bridgehead atoms.